The van der Waals surface area contributed by atoms with E-state index in [0.29, 0.717) is 11.1 Å². The molecule has 0 fully saturated rings. The standard InChI is InChI=1S/C21H26N2OS2/c1-6-12(2)10-17-15(5)26-20-18(17)19(24)22-21(23-20)25-11-16-9-13(3)7-8-14(16)4/h7-9,12H,6,10-11H2,1-5H3,(H,22,23,24)/t12-/m0/s1. The predicted molar refractivity (Wildman–Crippen MR) is 114 cm³/mol. The minimum Gasteiger partial charge on any atom is -0.301 e. The van der Waals surface area contributed by atoms with Crippen molar-refractivity contribution in [3.63, 3.8) is 0 Å². The first-order chi connectivity index (χ1) is 12.4. The van der Waals surface area contributed by atoms with Crippen molar-refractivity contribution in [2.45, 2.75) is 58.4 Å². The van der Waals surface area contributed by atoms with Crippen LogP contribution in [0.5, 0.6) is 0 Å². The Kier molecular flexibility index (Phi) is 5.88. The molecule has 2 aromatic heterocycles. The van der Waals surface area contributed by atoms with Gasteiger partial charge >= 0.3 is 0 Å². The topological polar surface area (TPSA) is 45.8 Å². The van der Waals surface area contributed by atoms with Gasteiger partial charge in [0.2, 0.25) is 0 Å². The lowest BCUT2D eigenvalue weighted by atomic mass is 9.98. The SMILES string of the molecule is CC[C@H](C)Cc1c(C)sc2nc(SCc3cc(C)ccc3C)[nH]c(=O)c12. The Morgan fingerprint density at radius 1 is 1.27 bits per heavy atom. The number of aromatic amines is 1. The first kappa shape index (κ1) is 19.2. The van der Waals surface area contributed by atoms with Crippen LogP contribution in [-0.2, 0) is 12.2 Å². The van der Waals surface area contributed by atoms with Crippen molar-refractivity contribution in [1.29, 1.82) is 0 Å². The van der Waals surface area contributed by atoms with Crippen LogP contribution < -0.4 is 5.56 Å². The largest absolute Gasteiger partial charge is 0.301 e. The molecule has 1 atom stereocenters. The Balaban J connectivity index is 1.89. The molecule has 0 radical (unpaired) electrons. The number of fused-ring (bicyclic) bond motifs is 1. The Bertz CT molecular complexity index is 988. The summed E-state index contributed by atoms with van der Waals surface area (Å²) in [7, 11) is 0. The number of nitrogens with one attached hydrogen (secondary N) is 1. The molecule has 3 aromatic rings. The van der Waals surface area contributed by atoms with Crippen LogP contribution in [-0.4, -0.2) is 9.97 Å². The molecule has 0 bridgehead atoms. The average Bonchev–Trinajstić information content (AvgIpc) is 2.91. The normalized spacial score (nSPS) is 12.7. The summed E-state index contributed by atoms with van der Waals surface area (Å²) < 4.78 is 0. The van der Waals surface area contributed by atoms with Gasteiger partial charge < -0.3 is 4.98 Å². The van der Waals surface area contributed by atoms with E-state index in [-0.39, 0.29) is 5.56 Å². The van der Waals surface area contributed by atoms with Crippen molar-refractivity contribution in [2.24, 2.45) is 5.92 Å². The third-order valence-corrected chi connectivity index (χ3v) is 6.92. The number of hydrogen-bond donors (Lipinski definition) is 1. The third-order valence-electron chi connectivity index (χ3n) is 4.96. The van der Waals surface area contributed by atoms with Gasteiger partial charge in [-0.25, -0.2) is 4.98 Å². The molecule has 0 unspecified atom stereocenters. The maximum absolute atomic E-state index is 12.7. The molecule has 0 saturated heterocycles. The Morgan fingerprint density at radius 3 is 2.77 bits per heavy atom. The van der Waals surface area contributed by atoms with Gasteiger partial charge in [-0.1, -0.05) is 55.8 Å². The number of thiophene rings is 1. The summed E-state index contributed by atoms with van der Waals surface area (Å²) in [6.45, 7) is 10.8. The molecule has 1 N–H and O–H groups in total. The molecule has 5 heteroatoms. The molecule has 138 valence electrons. The van der Waals surface area contributed by atoms with E-state index >= 15 is 0 Å². The quantitative estimate of drug-likeness (QED) is 0.431. The summed E-state index contributed by atoms with van der Waals surface area (Å²) in [6.07, 6.45) is 2.06. The molecule has 0 aliphatic carbocycles. The fraction of sp³-hybridized carbons (Fsp3) is 0.429. The molecule has 0 amide bonds. The van der Waals surface area contributed by atoms with Crippen molar-refractivity contribution < 1.29 is 0 Å². The molecule has 3 rings (SSSR count). The Hall–Kier alpha value is -1.59. The predicted octanol–water partition coefficient (Wildman–Crippen LogP) is 5.79. The van der Waals surface area contributed by atoms with Crippen molar-refractivity contribution in [1.82, 2.24) is 9.97 Å². The molecule has 0 saturated carbocycles. The zero-order chi connectivity index (χ0) is 18.8. The van der Waals surface area contributed by atoms with Crippen LogP contribution in [0, 0.1) is 26.7 Å². The van der Waals surface area contributed by atoms with Gasteiger partial charge in [0.1, 0.15) is 4.83 Å². The lowest BCUT2D eigenvalue weighted by Gasteiger charge is -2.08. The monoisotopic (exact) mass is 386 g/mol. The maximum Gasteiger partial charge on any atom is 0.260 e. The van der Waals surface area contributed by atoms with Gasteiger partial charge in [0.15, 0.2) is 5.16 Å². The second kappa shape index (κ2) is 7.97. The van der Waals surface area contributed by atoms with Crippen molar-refractivity contribution in [3.8, 4) is 0 Å². The van der Waals surface area contributed by atoms with Gasteiger partial charge in [0.25, 0.3) is 5.56 Å². The van der Waals surface area contributed by atoms with Gasteiger partial charge in [-0.3, -0.25) is 4.79 Å². The van der Waals surface area contributed by atoms with Crippen LogP contribution in [0.4, 0.5) is 0 Å². The Labute approximate surface area is 163 Å². The lowest BCUT2D eigenvalue weighted by Crippen LogP contribution is -2.11. The van der Waals surface area contributed by atoms with Crippen molar-refractivity contribution >= 4 is 33.3 Å². The molecule has 0 spiro atoms. The van der Waals surface area contributed by atoms with E-state index in [0.717, 1.165) is 28.8 Å². The number of rotatable bonds is 6. The van der Waals surface area contributed by atoms with E-state index < -0.39 is 0 Å². The second-order valence-corrected chi connectivity index (χ2v) is 9.29. The highest BCUT2D eigenvalue weighted by Crippen LogP contribution is 2.31. The maximum atomic E-state index is 12.7. The number of benzene rings is 1. The number of H-pyrrole nitrogens is 1. The minimum atomic E-state index is 0.00103. The van der Waals surface area contributed by atoms with Crippen LogP contribution in [0.25, 0.3) is 10.2 Å². The van der Waals surface area contributed by atoms with E-state index in [1.54, 1.807) is 23.1 Å². The number of aryl methyl sites for hydroxylation is 3. The fourth-order valence-electron chi connectivity index (χ4n) is 3.06. The van der Waals surface area contributed by atoms with Crippen LogP contribution in [0.1, 0.15) is 47.4 Å². The number of thioether (sulfide) groups is 1. The minimum absolute atomic E-state index is 0.00103. The highest BCUT2D eigenvalue weighted by molar-refractivity contribution is 7.98. The zero-order valence-corrected chi connectivity index (χ0v) is 17.7. The van der Waals surface area contributed by atoms with Gasteiger partial charge in [-0.2, -0.15) is 0 Å². The fourth-order valence-corrected chi connectivity index (χ4v) is 5.10. The number of hydrogen-bond acceptors (Lipinski definition) is 4. The summed E-state index contributed by atoms with van der Waals surface area (Å²) in [5.74, 6) is 1.38. The molecule has 3 nitrogen and oxygen atoms in total. The molecular formula is C21H26N2OS2. The van der Waals surface area contributed by atoms with Crippen LogP contribution >= 0.6 is 23.1 Å². The molecule has 26 heavy (non-hydrogen) atoms. The van der Waals surface area contributed by atoms with E-state index in [4.69, 9.17) is 4.98 Å². The van der Waals surface area contributed by atoms with Gasteiger partial charge in [0.05, 0.1) is 5.39 Å². The highest BCUT2D eigenvalue weighted by atomic mass is 32.2. The lowest BCUT2D eigenvalue weighted by molar-refractivity contribution is 0.561. The molecular weight excluding hydrogens is 360 g/mol. The van der Waals surface area contributed by atoms with Crippen LogP contribution in [0.2, 0.25) is 0 Å². The number of nitrogens with zero attached hydrogens (tertiary/aromatic N) is 1. The Morgan fingerprint density at radius 2 is 2.04 bits per heavy atom. The third kappa shape index (κ3) is 4.04. The summed E-state index contributed by atoms with van der Waals surface area (Å²) >= 11 is 3.24. The van der Waals surface area contributed by atoms with E-state index in [9.17, 15) is 4.79 Å². The smallest absolute Gasteiger partial charge is 0.260 e. The van der Waals surface area contributed by atoms with E-state index in [1.807, 2.05) is 0 Å². The zero-order valence-electron chi connectivity index (χ0n) is 16.1. The van der Waals surface area contributed by atoms with Crippen molar-refractivity contribution in [3.05, 3.63) is 55.7 Å². The first-order valence-electron chi connectivity index (χ1n) is 9.10. The van der Waals surface area contributed by atoms with Crippen molar-refractivity contribution in [2.75, 3.05) is 0 Å². The van der Waals surface area contributed by atoms with Gasteiger partial charge in [-0.15, -0.1) is 11.3 Å². The molecule has 2 heterocycles. The molecule has 1 aromatic carbocycles. The number of aromatic nitrogens is 2. The van der Waals surface area contributed by atoms with Crippen LogP contribution in [0.3, 0.4) is 0 Å². The summed E-state index contributed by atoms with van der Waals surface area (Å²) in [5.41, 5.74) is 5.00. The summed E-state index contributed by atoms with van der Waals surface area (Å²) in [4.78, 5) is 22.6. The summed E-state index contributed by atoms with van der Waals surface area (Å²) in [5, 5.41) is 1.50. The van der Waals surface area contributed by atoms with Gasteiger partial charge in [-0.05, 0) is 49.8 Å². The first-order valence-corrected chi connectivity index (χ1v) is 10.9. The summed E-state index contributed by atoms with van der Waals surface area (Å²) in [6, 6.07) is 6.48. The van der Waals surface area contributed by atoms with Gasteiger partial charge in [0, 0.05) is 10.6 Å². The molecule has 0 aliphatic heterocycles. The molecule has 0 aliphatic rings. The van der Waals surface area contributed by atoms with Crippen LogP contribution in [0.15, 0.2) is 28.2 Å². The van der Waals surface area contributed by atoms with E-state index in [1.165, 1.54) is 27.1 Å². The highest BCUT2D eigenvalue weighted by Gasteiger charge is 2.17. The average molecular weight is 387 g/mol. The van der Waals surface area contributed by atoms with E-state index in [2.05, 4.69) is 57.8 Å². The second-order valence-electron chi connectivity index (χ2n) is 7.12.